The van der Waals surface area contributed by atoms with E-state index in [1.165, 1.54) is 0 Å². The quantitative estimate of drug-likeness (QED) is 0.609. The lowest BCUT2D eigenvalue weighted by atomic mass is 9.80. The van der Waals surface area contributed by atoms with Gasteiger partial charge in [-0.2, -0.15) is 0 Å². The zero-order valence-electron chi connectivity index (χ0n) is 11.6. The number of Topliss-reactive ketones (excluding diaryl/α,β-unsaturated/α-hetero) is 1. The molecule has 1 aromatic rings. The third-order valence-corrected chi connectivity index (χ3v) is 4.68. The largest absolute Gasteiger partial charge is 0.375 e. The fourth-order valence-electron chi connectivity index (χ4n) is 3.56. The third-order valence-electron chi connectivity index (χ3n) is 4.68. The molecule has 1 spiro atoms. The molecule has 1 atom stereocenters. The van der Waals surface area contributed by atoms with Crippen molar-refractivity contribution in [3.8, 4) is 0 Å². The molecule has 0 amide bonds. The first-order valence-electron chi connectivity index (χ1n) is 7.34. The average molecular weight is 298 g/mol. The van der Waals surface area contributed by atoms with Gasteiger partial charge < -0.3 is 4.74 Å². The van der Waals surface area contributed by atoms with E-state index in [-0.39, 0.29) is 17.1 Å². The maximum absolute atomic E-state index is 13.8. The van der Waals surface area contributed by atoms with E-state index < -0.39 is 23.2 Å². The van der Waals surface area contributed by atoms with Gasteiger partial charge in [0.1, 0.15) is 0 Å². The molecule has 1 heterocycles. The Morgan fingerprint density at radius 3 is 2.57 bits per heavy atom. The van der Waals surface area contributed by atoms with E-state index in [1.54, 1.807) is 0 Å². The summed E-state index contributed by atoms with van der Waals surface area (Å²) in [6.07, 6.45) is 5.01. The molecule has 2 aliphatic rings. The van der Waals surface area contributed by atoms with E-state index in [0.717, 1.165) is 37.8 Å². The molecule has 3 rings (SSSR count). The van der Waals surface area contributed by atoms with Gasteiger partial charge in [0.05, 0.1) is 11.2 Å². The first-order valence-corrected chi connectivity index (χ1v) is 7.34. The highest BCUT2D eigenvalue weighted by molar-refractivity contribution is 5.98. The number of benzene rings is 1. The van der Waals surface area contributed by atoms with Crippen LogP contribution in [0.4, 0.5) is 13.2 Å². The van der Waals surface area contributed by atoms with Crippen molar-refractivity contribution in [3.63, 3.8) is 0 Å². The molecule has 0 radical (unpaired) electrons. The van der Waals surface area contributed by atoms with E-state index in [2.05, 4.69) is 0 Å². The summed E-state index contributed by atoms with van der Waals surface area (Å²) in [5.74, 6) is -5.06. The van der Waals surface area contributed by atoms with Gasteiger partial charge in [-0.15, -0.1) is 0 Å². The minimum atomic E-state index is -1.58. The Morgan fingerprint density at radius 1 is 1.14 bits per heavy atom. The van der Waals surface area contributed by atoms with Crippen LogP contribution in [0.3, 0.4) is 0 Å². The van der Waals surface area contributed by atoms with Gasteiger partial charge >= 0.3 is 0 Å². The zero-order chi connectivity index (χ0) is 15.0. The number of halogens is 3. The minimum absolute atomic E-state index is 0.270. The highest BCUT2D eigenvalue weighted by Crippen LogP contribution is 2.42. The van der Waals surface area contributed by atoms with E-state index in [9.17, 15) is 18.0 Å². The summed E-state index contributed by atoms with van der Waals surface area (Å²) in [5, 5.41) is 0. The Balaban J connectivity index is 1.83. The van der Waals surface area contributed by atoms with Gasteiger partial charge in [-0.3, -0.25) is 4.79 Å². The van der Waals surface area contributed by atoms with Crippen molar-refractivity contribution in [2.24, 2.45) is 5.92 Å². The van der Waals surface area contributed by atoms with Gasteiger partial charge in [0.25, 0.3) is 0 Å². The molecule has 1 aliphatic carbocycles. The van der Waals surface area contributed by atoms with Crippen LogP contribution in [-0.4, -0.2) is 18.0 Å². The molecule has 2 nitrogen and oxygen atoms in total. The lowest BCUT2D eigenvalue weighted by molar-refractivity contribution is -0.0866. The molecule has 0 bridgehead atoms. The van der Waals surface area contributed by atoms with Crippen LogP contribution in [-0.2, 0) is 4.74 Å². The van der Waals surface area contributed by atoms with Crippen molar-refractivity contribution in [1.82, 2.24) is 0 Å². The van der Waals surface area contributed by atoms with Crippen molar-refractivity contribution in [3.05, 3.63) is 35.1 Å². The van der Waals surface area contributed by atoms with Crippen LogP contribution in [0.5, 0.6) is 0 Å². The van der Waals surface area contributed by atoms with Crippen LogP contribution >= 0.6 is 0 Å². The third kappa shape index (κ3) is 2.59. The van der Waals surface area contributed by atoms with Crippen LogP contribution in [0.1, 0.15) is 48.9 Å². The molecule has 1 unspecified atom stereocenters. The van der Waals surface area contributed by atoms with Gasteiger partial charge in [0.15, 0.2) is 23.2 Å². The first-order chi connectivity index (χ1) is 10.0. The molecule has 2 fully saturated rings. The summed E-state index contributed by atoms with van der Waals surface area (Å²) in [5.41, 5.74) is -0.623. The molecule has 1 aromatic carbocycles. The van der Waals surface area contributed by atoms with Gasteiger partial charge in [0.2, 0.25) is 0 Å². The maximum atomic E-state index is 13.8. The van der Waals surface area contributed by atoms with Crippen LogP contribution < -0.4 is 0 Å². The van der Waals surface area contributed by atoms with E-state index in [0.29, 0.717) is 19.4 Å². The molecule has 1 aliphatic heterocycles. The van der Waals surface area contributed by atoms with Crippen molar-refractivity contribution >= 4 is 5.78 Å². The second-order valence-electron chi connectivity index (χ2n) is 6.02. The molecule has 1 saturated heterocycles. The summed E-state index contributed by atoms with van der Waals surface area (Å²) in [6.45, 7) is 0.460. The Bertz CT molecular complexity index is 565. The highest BCUT2D eigenvalue weighted by atomic mass is 19.2. The fourth-order valence-corrected chi connectivity index (χ4v) is 3.56. The van der Waals surface area contributed by atoms with Gasteiger partial charge in [-0.25, -0.2) is 13.2 Å². The fraction of sp³-hybridized carbons (Fsp3) is 0.562. The molecular weight excluding hydrogens is 281 g/mol. The summed E-state index contributed by atoms with van der Waals surface area (Å²) >= 11 is 0. The molecule has 0 aromatic heterocycles. The van der Waals surface area contributed by atoms with E-state index >= 15 is 0 Å². The first kappa shape index (κ1) is 14.6. The summed E-state index contributed by atoms with van der Waals surface area (Å²) in [7, 11) is 0. The Morgan fingerprint density at radius 2 is 1.86 bits per heavy atom. The normalized spacial score (nSPS) is 24.4. The lowest BCUT2D eigenvalue weighted by Crippen LogP contribution is -2.40. The monoisotopic (exact) mass is 298 g/mol. The number of rotatable bonds is 2. The van der Waals surface area contributed by atoms with Crippen LogP contribution in [0.2, 0.25) is 0 Å². The van der Waals surface area contributed by atoms with Crippen molar-refractivity contribution < 1.29 is 22.7 Å². The molecule has 114 valence electrons. The number of ether oxygens (including phenoxy) is 1. The zero-order valence-corrected chi connectivity index (χ0v) is 11.6. The second kappa shape index (κ2) is 5.44. The van der Waals surface area contributed by atoms with Crippen LogP contribution in [0.15, 0.2) is 12.1 Å². The summed E-state index contributed by atoms with van der Waals surface area (Å²) in [6, 6.07) is 1.84. The Labute approximate surface area is 121 Å². The highest BCUT2D eigenvalue weighted by Gasteiger charge is 2.42. The van der Waals surface area contributed by atoms with Crippen LogP contribution in [0, 0.1) is 23.4 Å². The predicted octanol–water partition coefficient (Wildman–Crippen LogP) is 4.03. The van der Waals surface area contributed by atoms with Gasteiger partial charge in [-0.1, -0.05) is 12.8 Å². The smallest absolute Gasteiger partial charge is 0.195 e. The summed E-state index contributed by atoms with van der Waals surface area (Å²) < 4.78 is 45.9. The van der Waals surface area contributed by atoms with Gasteiger partial charge in [0, 0.05) is 12.5 Å². The molecule has 21 heavy (non-hydrogen) atoms. The number of ketones is 1. The van der Waals surface area contributed by atoms with Crippen LogP contribution in [0.25, 0.3) is 0 Å². The van der Waals surface area contributed by atoms with E-state index in [4.69, 9.17) is 4.74 Å². The van der Waals surface area contributed by atoms with Gasteiger partial charge in [-0.05, 0) is 37.8 Å². The standard InChI is InChI=1S/C16H17F3O2/c17-12-4-3-11(13(18)14(12)19)15(20)10-5-8-21-16(9-10)6-1-2-7-16/h3-4,10H,1-2,5-9H2. The number of carbonyl (C=O) groups excluding carboxylic acids is 1. The SMILES string of the molecule is O=C(c1ccc(F)c(F)c1F)C1CCOC2(CCCC2)C1. The Hall–Kier alpha value is -1.36. The second-order valence-corrected chi connectivity index (χ2v) is 6.02. The topological polar surface area (TPSA) is 26.3 Å². The molecule has 1 saturated carbocycles. The number of hydrogen-bond donors (Lipinski definition) is 0. The minimum Gasteiger partial charge on any atom is -0.375 e. The lowest BCUT2D eigenvalue weighted by Gasteiger charge is -2.37. The predicted molar refractivity (Wildman–Crippen MR) is 70.5 cm³/mol. The number of hydrogen-bond acceptors (Lipinski definition) is 2. The Kier molecular flexibility index (Phi) is 3.78. The van der Waals surface area contributed by atoms with E-state index in [1.807, 2.05) is 0 Å². The molecule has 5 heteroatoms. The number of carbonyl (C=O) groups is 1. The van der Waals surface area contributed by atoms with Crippen molar-refractivity contribution in [1.29, 1.82) is 0 Å². The van der Waals surface area contributed by atoms with Crippen molar-refractivity contribution in [2.75, 3.05) is 6.61 Å². The average Bonchev–Trinajstić information content (AvgIpc) is 2.92. The molecular formula is C16H17F3O2. The van der Waals surface area contributed by atoms with Crippen molar-refractivity contribution in [2.45, 2.75) is 44.1 Å². The molecule has 0 N–H and O–H groups in total. The summed E-state index contributed by atoms with van der Waals surface area (Å²) in [4.78, 5) is 12.4. The maximum Gasteiger partial charge on any atom is 0.195 e.